The summed E-state index contributed by atoms with van der Waals surface area (Å²) >= 11 is 6.00. The van der Waals surface area contributed by atoms with Crippen LogP contribution in [0.5, 0.6) is 11.5 Å². The number of H-pyrrole nitrogens is 1. The van der Waals surface area contributed by atoms with Crippen LogP contribution in [0.2, 0.25) is 5.02 Å². The number of aromatic amines is 1. The van der Waals surface area contributed by atoms with Crippen LogP contribution in [0.15, 0.2) is 52.6 Å². The van der Waals surface area contributed by atoms with Crippen LogP contribution in [0.3, 0.4) is 0 Å². The van der Waals surface area contributed by atoms with Crippen LogP contribution in [0.1, 0.15) is 5.56 Å². The van der Waals surface area contributed by atoms with E-state index in [9.17, 15) is 15.0 Å². The molecule has 0 saturated carbocycles. The van der Waals surface area contributed by atoms with Crippen LogP contribution >= 0.6 is 11.6 Å². The van der Waals surface area contributed by atoms with Gasteiger partial charge in [0.15, 0.2) is 0 Å². The van der Waals surface area contributed by atoms with E-state index in [1.54, 1.807) is 18.2 Å². The fraction of sp³-hybridized carbons (Fsp3) is 0. The van der Waals surface area contributed by atoms with Crippen LogP contribution in [0, 0.1) is 0 Å². The number of phenolic OH excluding ortho intramolecular Hbond substituents is 2. The van der Waals surface area contributed by atoms with Gasteiger partial charge in [-0.05, 0) is 30.3 Å². The third-order valence-electron chi connectivity index (χ3n) is 3.79. The summed E-state index contributed by atoms with van der Waals surface area (Å²) in [7, 11) is 0. The van der Waals surface area contributed by atoms with Crippen LogP contribution in [0.25, 0.3) is 21.9 Å². The predicted molar refractivity (Wildman–Crippen MR) is 95.6 cm³/mol. The summed E-state index contributed by atoms with van der Waals surface area (Å²) in [6.45, 7) is 0. The van der Waals surface area contributed by atoms with Gasteiger partial charge in [0.1, 0.15) is 28.9 Å². The molecule has 0 fully saturated rings. The molecule has 7 nitrogen and oxygen atoms in total. The summed E-state index contributed by atoms with van der Waals surface area (Å²) in [5.41, 5.74) is 1.55. The molecule has 8 heteroatoms. The zero-order valence-electron chi connectivity index (χ0n) is 12.6. The molecule has 0 bridgehead atoms. The van der Waals surface area contributed by atoms with E-state index < -0.39 is 0 Å². The number of fused-ring (bicyclic) bond motifs is 3. The van der Waals surface area contributed by atoms with E-state index in [1.165, 1.54) is 30.7 Å². The highest BCUT2D eigenvalue weighted by molar-refractivity contribution is 6.31. The first kappa shape index (κ1) is 15.2. The quantitative estimate of drug-likeness (QED) is 0.481. The van der Waals surface area contributed by atoms with Gasteiger partial charge in [0.2, 0.25) is 0 Å². The number of hydrogen-bond donors (Lipinski definition) is 3. The number of rotatable bonds is 2. The molecular weight excluding hydrogens is 344 g/mol. The van der Waals surface area contributed by atoms with Gasteiger partial charge in [-0.3, -0.25) is 4.79 Å². The number of phenols is 2. The number of aromatic hydroxyl groups is 2. The topological polar surface area (TPSA) is 104 Å². The predicted octanol–water partition coefficient (Wildman–Crippen LogP) is 2.82. The van der Waals surface area contributed by atoms with Crippen molar-refractivity contribution in [3.8, 4) is 11.5 Å². The minimum absolute atomic E-state index is 0.0633. The maximum Gasteiger partial charge on any atom is 0.298 e. The highest BCUT2D eigenvalue weighted by Crippen LogP contribution is 2.24. The Morgan fingerprint density at radius 1 is 1.20 bits per heavy atom. The molecule has 0 amide bonds. The Morgan fingerprint density at radius 3 is 2.84 bits per heavy atom. The lowest BCUT2D eigenvalue weighted by Crippen LogP contribution is -2.17. The number of nitrogens with one attached hydrogen (secondary N) is 1. The number of hydrogen-bond acceptors (Lipinski definition) is 5. The second kappa shape index (κ2) is 5.64. The number of halogens is 1. The van der Waals surface area contributed by atoms with Crippen molar-refractivity contribution in [3.63, 3.8) is 0 Å². The molecule has 2 heterocycles. The fourth-order valence-corrected chi connectivity index (χ4v) is 2.74. The van der Waals surface area contributed by atoms with Crippen molar-refractivity contribution in [1.29, 1.82) is 0 Å². The molecule has 4 aromatic rings. The maximum atomic E-state index is 12.6. The highest BCUT2D eigenvalue weighted by Gasteiger charge is 2.11. The lowest BCUT2D eigenvalue weighted by molar-refractivity contribution is 0.450. The van der Waals surface area contributed by atoms with Crippen molar-refractivity contribution in [2.75, 3.05) is 0 Å². The SMILES string of the molecule is O=c1c2[nH]c3ccc(Cl)cc3c2ncn1/N=C/c1ccc(O)cc1O. The Labute approximate surface area is 145 Å². The summed E-state index contributed by atoms with van der Waals surface area (Å²) in [6, 6.07) is 9.32. The van der Waals surface area contributed by atoms with Crippen molar-refractivity contribution in [2.24, 2.45) is 5.10 Å². The van der Waals surface area contributed by atoms with Crippen molar-refractivity contribution in [2.45, 2.75) is 0 Å². The average Bonchev–Trinajstić information content (AvgIpc) is 2.94. The third-order valence-corrected chi connectivity index (χ3v) is 4.02. The normalized spacial score (nSPS) is 11.7. The zero-order valence-corrected chi connectivity index (χ0v) is 13.4. The van der Waals surface area contributed by atoms with E-state index >= 15 is 0 Å². The molecule has 0 atom stereocenters. The Morgan fingerprint density at radius 2 is 2.04 bits per heavy atom. The van der Waals surface area contributed by atoms with Gasteiger partial charge in [-0.1, -0.05) is 11.6 Å². The highest BCUT2D eigenvalue weighted by atomic mass is 35.5. The maximum absolute atomic E-state index is 12.6. The Balaban J connectivity index is 1.83. The second-order valence-electron chi connectivity index (χ2n) is 5.42. The Bertz CT molecular complexity index is 1210. The van der Waals surface area contributed by atoms with Crippen molar-refractivity contribution in [1.82, 2.24) is 14.6 Å². The van der Waals surface area contributed by atoms with Gasteiger partial charge in [-0.2, -0.15) is 9.78 Å². The van der Waals surface area contributed by atoms with Gasteiger partial charge in [0.25, 0.3) is 5.56 Å². The molecule has 0 radical (unpaired) electrons. The van der Waals surface area contributed by atoms with E-state index in [-0.39, 0.29) is 17.1 Å². The molecule has 25 heavy (non-hydrogen) atoms. The van der Waals surface area contributed by atoms with Gasteiger partial charge < -0.3 is 15.2 Å². The molecule has 0 unspecified atom stereocenters. The fourth-order valence-electron chi connectivity index (χ4n) is 2.57. The van der Waals surface area contributed by atoms with Crippen LogP contribution in [-0.2, 0) is 0 Å². The van der Waals surface area contributed by atoms with Gasteiger partial charge in [0, 0.05) is 27.6 Å². The molecule has 0 aliphatic rings. The lowest BCUT2D eigenvalue weighted by atomic mass is 10.2. The summed E-state index contributed by atoms with van der Waals surface area (Å²) in [5.74, 6) is -0.210. The molecule has 124 valence electrons. The van der Waals surface area contributed by atoms with E-state index in [2.05, 4.69) is 15.1 Å². The summed E-state index contributed by atoms with van der Waals surface area (Å²) < 4.78 is 1.06. The Hall–Kier alpha value is -3.32. The van der Waals surface area contributed by atoms with Crippen molar-refractivity contribution < 1.29 is 10.2 Å². The number of benzene rings is 2. The minimum atomic E-state index is -0.383. The van der Waals surface area contributed by atoms with Gasteiger partial charge in [-0.25, -0.2) is 4.98 Å². The standard InChI is InChI=1S/C17H11ClN4O3/c18-10-2-4-13-12(5-10)15-16(21-13)17(25)22(8-19-15)20-7-9-1-3-11(23)6-14(9)24/h1-8,21,23-24H/b20-7+. The molecule has 4 rings (SSSR count). The molecular formula is C17H11ClN4O3. The molecule has 0 aliphatic carbocycles. The van der Waals surface area contributed by atoms with Crippen LogP contribution in [0.4, 0.5) is 0 Å². The first-order valence-corrected chi connectivity index (χ1v) is 7.65. The third kappa shape index (κ3) is 2.60. The van der Waals surface area contributed by atoms with Crippen LogP contribution in [-0.4, -0.2) is 31.1 Å². The Kier molecular flexibility index (Phi) is 3.43. The van der Waals surface area contributed by atoms with E-state index in [0.29, 0.717) is 21.6 Å². The molecule has 2 aromatic carbocycles. The average molecular weight is 355 g/mol. The molecule has 0 saturated heterocycles. The summed E-state index contributed by atoms with van der Waals surface area (Å²) in [6.07, 6.45) is 2.61. The van der Waals surface area contributed by atoms with Gasteiger partial charge in [0.05, 0.1) is 6.21 Å². The van der Waals surface area contributed by atoms with Crippen molar-refractivity contribution >= 4 is 39.8 Å². The first-order chi connectivity index (χ1) is 12.0. The molecule has 3 N–H and O–H groups in total. The largest absolute Gasteiger partial charge is 0.508 e. The van der Waals surface area contributed by atoms with E-state index in [0.717, 1.165) is 15.6 Å². The second-order valence-corrected chi connectivity index (χ2v) is 5.86. The van der Waals surface area contributed by atoms with Gasteiger partial charge >= 0.3 is 0 Å². The van der Waals surface area contributed by atoms with Gasteiger partial charge in [-0.15, -0.1) is 0 Å². The number of aromatic nitrogens is 3. The van der Waals surface area contributed by atoms with Crippen molar-refractivity contribution in [3.05, 3.63) is 63.7 Å². The minimum Gasteiger partial charge on any atom is -0.508 e. The lowest BCUT2D eigenvalue weighted by Gasteiger charge is -2.00. The smallest absolute Gasteiger partial charge is 0.298 e. The summed E-state index contributed by atoms with van der Waals surface area (Å²) in [5, 5.41) is 24.4. The molecule has 0 aliphatic heterocycles. The molecule has 0 spiro atoms. The monoisotopic (exact) mass is 354 g/mol. The summed E-state index contributed by atoms with van der Waals surface area (Å²) in [4.78, 5) is 19.9. The first-order valence-electron chi connectivity index (χ1n) is 7.28. The van der Waals surface area contributed by atoms with Crippen LogP contribution < -0.4 is 5.56 Å². The van der Waals surface area contributed by atoms with E-state index in [4.69, 9.17) is 11.6 Å². The zero-order chi connectivity index (χ0) is 17.6. The molecule has 2 aromatic heterocycles. The number of nitrogens with zero attached hydrogens (tertiary/aromatic N) is 3. The van der Waals surface area contributed by atoms with E-state index in [1.807, 2.05) is 0 Å².